The number of aryl methyl sites for hydroxylation is 2. The van der Waals surface area contributed by atoms with Crippen LogP contribution in [0.15, 0.2) is 24.3 Å². The van der Waals surface area contributed by atoms with E-state index in [-0.39, 0.29) is 18.4 Å². The molecule has 4 nitrogen and oxygen atoms in total. The Balaban J connectivity index is 0.00000324. The van der Waals surface area contributed by atoms with Crippen molar-refractivity contribution >= 4 is 18.4 Å². The molecule has 0 aliphatic heterocycles. The van der Waals surface area contributed by atoms with E-state index in [0.29, 0.717) is 13.1 Å². The van der Waals surface area contributed by atoms with Gasteiger partial charge in [-0.1, -0.05) is 29.8 Å². The third kappa shape index (κ3) is 8.46. The van der Waals surface area contributed by atoms with E-state index in [0.717, 1.165) is 19.4 Å². The molecular formula is C14H24ClN3O. The second kappa shape index (κ2) is 10.6. The predicted molar refractivity (Wildman–Crippen MR) is 82.1 cm³/mol. The average Bonchev–Trinajstić information content (AvgIpc) is 2.35. The van der Waals surface area contributed by atoms with Gasteiger partial charge in [0.1, 0.15) is 0 Å². The summed E-state index contributed by atoms with van der Waals surface area (Å²) in [6.07, 6.45) is 1.96. The van der Waals surface area contributed by atoms with Crippen LogP contribution >= 0.6 is 12.4 Å². The summed E-state index contributed by atoms with van der Waals surface area (Å²) in [4.78, 5) is 11.3. The zero-order valence-electron chi connectivity index (χ0n) is 11.7. The Morgan fingerprint density at radius 2 is 1.89 bits per heavy atom. The summed E-state index contributed by atoms with van der Waals surface area (Å²) in [6, 6.07) is 8.39. The maximum absolute atomic E-state index is 11.3. The van der Waals surface area contributed by atoms with E-state index in [1.54, 1.807) is 0 Å². The summed E-state index contributed by atoms with van der Waals surface area (Å²) in [7, 11) is 1.86. The highest BCUT2D eigenvalue weighted by molar-refractivity contribution is 5.85. The maximum Gasteiger partial charge on any atom is 0.314 e. The number of amides is 2. The van der Waals surface area contributed by atoms with Crippen LogP contribution in [-0.2, 0) is 6.42 Å². The lowest BCUT2D eigenvalue weighted by Gasteiger charge is -2.07. The normalized spacial score (nSPS) is 9.58. The van der Waals surface area contributed by atoms with Crippen LogP contribution < -0.4 is 16.0 Å². The SMILES string of the molecule is CNCCNC(=O)NCCCc1cccc(C)c1.Cl. The number of carbonyl (C=O) groups excluding carboxylic acids is 1. The van der Waals surface area contributed by atoms with Crippen molar-refractivity contribution in [1.29, 1.82) is 0 Å². The van der Waals surface area contributed by atoms with E-state index < -0.39 is 0 Å². The van der Waals surface area contributed by atoms with E-state index in [1.807, 2.05) is 7.05 Å². The van der Waals surface area contributed by atoms with Crippen molar-refractivity contribution in [3.8, 4) is 0 Å². The van der Waals surface area contributed by atoms with Crippen molar-refractivity contribution in [3.05, 3.63) is 35.4 Å². The minimum Gasteiger partial charge on any atom is -0.338 e. The third-order valence-corrected chi connectivity index (χ3v) is 2.67. The zero-order valence-corrected chi connectivity index (χ0v) is 12.5. The molecule has 0 bridgehead atoms. The molecular weight excluding hydrogens is 262 g/mol. The Kier molecular flexibility index (Phi) is 9.94. The van der Waals surface area contributed by atoms with Gasteiger partial charge in [-0.15, -0.1) is 12.4 Å². The van der Waals surface area contributed by atoms with Gasteiger partial charge in [-0.25, -0.2) is 4.79 Å². The smallest absolute Gasteiger partial charge is 0.314 e. The molecule has 0 unspecified atom stereocenters. The van der Waals surface area contributed by atoms with Crippen LogP contribution in [0, 0.1) is 6.92 Å². The van der Waals surface area contributed by atoms with Gasteiger partial charge in [0.2, 0.25) is 0 Å². The molecule has 0 saturated carbocycles. The van der Waals surface area contributed by atoms with Gasteiger partial charge in [-0.05, 0) is 32.4 Å². The fraction of sp³-hybridized carbons (Fsp3) is 0.500. The molecule has 1 aromatic rings. The molecule has 0 radical (unpaired) electrons. The number of halogens is 1. The summed E-state index contributed by atoms with van der Waals surface area (Å²) in [5.74, 6) is 0. The van der Waals surface area contributed by atoms with Crippen molar-refractivity contribution in [2.45, 2.75) is 19.8 Å². The van der Waals surface area contributed by atoms with Gasteiger partial charge in [0.15, 0.2) is 0 Å². The fourth-order valence-corrected chi connectivity index (χ4v) is 1.73. The second-order valence-corrected chi connectivity index (χ2v) is 4.38. The highest BCUT2D eigenvalue weighted by Gasteiger charge is 1.98. The molecule has 0 saturated heterocycles. The van der Waals surface area contributed by atoms with E-state index in [1.165, 1.54) is 11.1 Å². The number of carbonyl (C=O) groups is 1. The molecule has 0 heterocycles. The average molecular weight is 286 g/mol. The number of urea groups is 1. The van der Waals surface area contributed by atoms with Crippen LogP contribution in [0.2, 0.25) is 0 Å². The Labute approximate surface area is 121 Å². The van der Waals surface area contributed by atoms with E-state index in [9.17, 15) is 4.79 Å². The Morgan fingerprint density at radius 3 is 2.58 bits per heavy atom. The summed E-state index contributed by atoms with van der Waals surface area (Å²) < 4.78 is 0. The first-order valence-corrected chi connectivity index (χ1v) is 6.44. The van der Waals surface area contributed by atoms with Crippen LogP contribution in [0.3, 0.4) is 0 Å². The third-order valence-electron chi connectivity index (χ3n) is 2.67. The van der Waals surface area contributed by atoms with E-state index in [2.05, 4.69) is 47.1 Å². The molecule has 2 amide bonds. The molecule has 108 valence electrons. The summed E-state index contributed by atoms with van der Waals surface area (Å²) in [5.41, 5.74) is 2.61. The first kappa shape index (κ1) is 17.7. The van der Waals surface area contributed by atoms with Crippen LogP contribution in [0.5, 0.6) is 0 Å². The fourth-order valence-electron chi connectivity index (χ4n) is 1.73. The van der Waals surface area contributed by atoms with Gasteiger partial charge in [-0.3, -0.25) is 0 Å². The number of nitrogens with one attached hydrogen (secondary N) is 3. The molecule has 0 aromatic heterocycles. The lowest BCUT2D eigenvalue weighted by Crippen LogP contribution is -2.39. The Hall–Kier alpha value is -1.26. The lowest BCUT2D eigenvalue weighted by molar-refractivity contribution is 0.241. The Bertz CT molecular complexity index is 371. The van der Waals surface area contributed by atoms with Gasteiger partial charge in [0.05, 0.1) is 0 Å². The number of benzene rings is 1. The highest BCUT2D eigenvalue weighted by atomic mass is 35.5. The first-order chi connectivity index (χ1) is 8.72. The number of hydrogen-bond acceptors (Lipinski definition) is 2. The summed E-state index contributed by atoms with van der Waals surface area (Å²) >= 11 is 0. The van der Waals surface area contributed by atoms with Crippen molar-refractivity contribution in [2.24, 2.45) is 0 Å². The van der Waals surface area contributed by atoms with Crippen LogP contribution in [0.25, 0.3) is 0 Å². The highest BCUT2D eigenvalue weighted by Crippen LogP contribution is 2.05. The van der Waals surface area contributed by atoms with Crippen LogP contribution in [-0.4, -0.2) is 32.7 Å². The second-order valence-electron chi connectivity index (χ2n) is 4.38. The molecule has 0 atom stereocenters. The summed E-state index contributed by atoms with van der Waals surface area (Å²) in [5, 5.41) is 8.60. The first-order valence-electron chi connectivity index (χ1n) is 6.44. The number of likely N-dealkylation sites (N-methyl/N-ethyl adjacent to an activating group) is 1. The van der Waals surface area contributed by atoms with Gasteiger partial charge < -0.3 is 16.0 Å². The maximum atomic E-state index is 11.3. The Morgan fingerprint density at radius 1 is 1.16 bits per heavy atom. The van der Waals surface area contributed by atoms with Crippen molar-refractivity contribution in [2.75, 3.05) is 26.7 Å². The largest absolute Gasteiger partial charge is 0.338 e. The molecule has 0 spiro atoms. The molecule has 19 heavy (non-hydrogen) atoms. The number of rotatable bonds is 7. The minimum atomic E-state index is -0.0884. The van der Waals surface area contributed by atoms with Crippen molar-refractivity contribution in [1.82, 2.24) is 16.0 Å². The molecule has 1 rings (SSSR count). The summed E-state index contributed by atoms with van der Waals surface area (Å²) in [6.45, 7) is 4.24. The zero-order chi connectivity index (χ0) is 13.2. The number of hydrogen-bond donors (Lipinski definition) is 3. The monoisotopic (exact) mass is 285 g/mol. The van der Waals surface area contributed by atoms with Gasteiger partial charge >= 0.3 is 6.03 Å². The molecule has 0 aliphatic carbocycles. The molecule has 0 aliphatic rings. The van der Waals surface area contributed by atoms with E-state index in [4.69, 9.17) is 0 Å². The van der Waals surface area contributed by atoms with Gasteiger partial charge in [-0.2, -0.15) is 0 Å². The standard InChI is InChI=1S/C14H23N3O.ClH/c1-12-5-3-6-13(11-12)7-4-8-16-14(18)17-10-9-15-2;/h3,5-6,11,15H,4,7-10H2,1-2H3,(H2,16,17,18);1H. The molecule has 0 fully saturated rings. The van der Waals surface area contributed by atoms with E-state index >= 15 is 0 Å². The van der Waals surface area contributed by atoms with Crippen molar-refractivity contribution < 1.29 is 4.79 Å². The van der Waals surface area contributed by atoms with Crippen LogP contribution in [0.1, 0.15) is 17.5 Å². The lowest BCUT2D eigenvalue weighted by atomic mass is 10.1. The quantitative estimate of drug-likeness (QED) is 0.670. The van der Waals surface area contributed by atoms with Gasteiger partial charge in [0, 0.05) is 19.6 Å². The molecule has 3 N–H and O–H groups in total. The predicted octanol–water partition coefficient (Wildman–Crippen LogP) is 1.87. The van der Waals surface area contributed by atoms with Crippen LogP contribution in [0.4, 0.5) is 4.79 Å². The van der Waals surface area contributed by atoms with Gasteiger partial charge in [0.25, 0.3) is 0 Å². The van der Waals surface area contributed by atoms with Crippen molar-refractivity contribution in [3.63, 3.8) is 0 Å². The molecule has 1 aromatic carbocycles. The minimum absolute atomic E-state index is 0. The molecule has 5 heteroatoms. The topological polar surface area (TPSA) is 53.2 Å².